The van der Waals surface area contributed by atoms with Gasteiger partial charge in [-0.05, 0) is 42.0 Å². The number of hydrogen-bond donors (Lipinski definition) is 1. The molecule has 2 aromatic carbocycles. The molecule has 3 aromatic rings. The zero-order chi connectivity index (χ0) is 22.8. The second-order valence-corrected chi connectivity index (χ2v) is 7.56. The fraction of sp³-hybridized carbons (Fsp3) is 0.167. The molecule has 0 aliphatic carbocycles. The lowest BCUT2D eigenvalue weighted by atomic mass is 9.95. The summed E-state index contributed by atoms with van der Waals surface area (Å²) in [4.78, 5) is 27.5. The van der Waals surface area contributed by atoms with Gasteiger partial charge >= 0.3 is 0 Å². The Morgan fingerprint density at radius 3 is 2.47 bits per heavy atom. The van der Waals surface area contributed by atoms with Gasteiger partial charge in [-0.1, -0.05) is 23.7 Å². The number of rotatable bonds is 6. The van der Waals surface area contributed by atoms with E-state index in [9.17, 15) is 14.7 Å². The second-order valence-electron chi connectivity index (χ2n) is 7.12. The first kappa shape index (κ1) is 21.5. The summed E-state index contributed by atoms with van der Waals surface area (Å²) in [5, 5.41) is 11.7. The first-order valence-corrected chi connectivity index (χ1v) is 10.1. The number of carbonyl (C=O) groups excluding carboxylic acids is 2. The number of aliphatic hydroxyl groups excluding tert-OH is 1. The lowest BCUT2D eigenvalue weighted by Gasteiger charge is -2.24. The van der Waals surface area contributed by atoms with Crippen LogP contribution < -0.4 is 9.47 Å². The van der Waals surface area contributed by atoms with Crippen LogP contribution >= 0.6 is 11.6 Å². The van der Waals surface area contributed by atoms with Crippen molar-refractivity contribution in [2.24, 2.45) is 0 Å². The summed E-state index contributed by atoms with van der Waals surface area (Å²) in [6.07, 6.45) is 1.49. The third-order valence-electron chi connectivity index (χ3n) is 5.30. The SMILES string of the molecule is COc1ccc(/C(O)=C2/C(=O)C(=O)N(Cc3ccco3)C2c2ccc(Cl)cc2)c(OC)c1. The molecule has 1 atom stereocenters. The zero-order valence-corrected chi connectivity index (χ0v) is 18.1. The van der Waals surface area contributed by atoms with Crippen LogP contribution in [0.4, 0.5) is 0 Å². The molecule has 1 aliphatic heterocycles. The van der Waals surface area contributed by atoms with Gasteiger partial charge < -0.3 is 23.9 Å². The maximum absolute atomic E-state index is 13.1. The third-order valence-corrected chi connectivity index (χ3v) is 5.55. The van der Waals surface area contributed by atoms with Crippen LogP contribution in [0.25, 0.3) is 5.76 Å². The Morgan fingerprint density at radius 2 is 1.84 bits per heavy atom. The second kappa shape index (κ2) is 8.80. The van der Waals surface area contributed by atoms with Gasteiger partial charge in [0.1, 0.15) is 23.0 Å². The maximum Gasteiger partial charge on any atom is 0.296 e. The van der Waals surface area contributed by atoms with Gasteiger partial charge in [0.25, 0.3) is 11.7 Å². The Morgan fingerprint density at radius 1 is 1.09 bits per heavy atom. The van der Waals surface area contributed by atoms with E-state index < -0.39 is 17.7 Å². The van der Waals surface area contributed by atoms with Crippen molar-refractivity contribution in [3.05, 3.63) is 88.3 Å². The van der Waals surface area contributed by atoms with Crippen LogP contribution in [0, 0.1) is 0 Å². The van der Waals surface area contributed by atoms with Crippen molar-refractivity contribution in [1.82, 2.24) is 4.90 Å². The molecule has 0 spiro atoms. The molecule has 1 aliphatic rings. The Hall–Kier alpha value is -3.71. The van der Waals surface area contributed by atoms with Crippen molar-refractivity contribution in [3.8, 4) is 11.5 Å². The molecular formula is C24H20ClNO6. The third kappa shape index (κ3) is 3.83. The van der Waals surface area contributed by atoms with Gasteiger partial charge in [-0.15, -0.1) is 0 Å². The molecule has 0 bridgehead atoms. The standard InChI is InChI=1S/C24H20ClNO6/c1-30-16-9-10-18(19(12-16)31-2)22(27)20-21(14-5-7-15(25)8-6-14)26(24(29)23(20)28)13-17-4-3-11-32-17/h3-12,21,27H,13H2,1-2H3/b22-20-. The number of likely N-dealkylation sites (tertiary alicyclic amines) is 1. The number of benzene rings is 2. The first-order valence-electron chi connectivity index (χ1n) is 9.73. The van der Waals surface area contributed by atoms with Gasteiger partial charge in [-0.3, -0.25) is 9.59 Å². The van der Waals surface area contributed by atoms with E-state index in [2.05, 4.69) is 0 Å². The van der Waals surface area contributed by atoms with Crippen LogP contribution in [0.15, 0.2) is 70.9 Å². The Bertz CT molecular complexity index is 1180. The Balaban J connectivity index is 1.89. The number of ether oxygens (including phenoxy) is 2. The molecule has 32 heavy (non-hydrogen) atoms. The summed E-state index contributed by atoms with van der Waals surface area (Å²) < 4.78 is 16.0. The average Bonchev–Trinajstić information content (AvgIpc) is 3.41. The van der Waals surface area contributed by atoms with Crippen LogP contribution in [0.3, 0.4) is 0 Å². The number of nitrogens with zero attached hydrogens (tertiary/aromatic N) is 1. The van der Waals surface area contributed by atoms with E-state index in [-0.39, 0.29) is 23.4 Å². The predicted molar refractivity (Wildman–Crippen MR) is 118 cm³/mol. The van der Waals surface area contributed by atoms with Gasteiger partial charge in [0, 0.05) is 11.1 Å². The number of halogens is 1. The number of aliphatic hydroxyl groups is 1. The monoisotopic (exact) mass is 453 g/mol. The molecule has 1 fully saturated rings. The van der Waals surface area contributed by atoms with E-state index in [0.717, 1.165) is 0 Å². The summed E-state index contributed by atoms with van der Waals surface area (Å²) in [6.45, 7) is 0.0569. The summed E-state index contributed by atoms with van der Waals surface area (Å²) in [6, 6.07) is 14.1. The number of Topliss-reactive ketones (excluding diaryl/α,β-unsaturated/α-hetero) is 1. The highest BCUT2D eigenvalue weighted by Crippen LogP contribution is 2.42. The summed E-state index contributed by atoms with van der Waals surface area (Å²) in [5.41, 5.74) is 0.838. The lowest BCUT2D eigenvalue weighted by molar-refractivity contribution is -0.140. The normalized spacial score (nSPS) is 17.6. The summed E-state index contributed by atoms with van der Waals surface area (Å²) in [7, 11) is 2.95. The van der Waals surface area contributed by atoms with Gasteiger partial charge in [-0.2, -0.15) is 0 Å². The quantitative estimate of drug-likeness (QED) is 0.334. The molecule has 1 aromatic heterocycles. The fourth-order valence-electron chi connectivity index (χ4n) is 3.74. The molecule has 1 amide bonds. The molecular weight excluding hydrogens is 434 g/mol. The number of furan rings is 1. The molecule has 2 heterocycles. The summed E-state index contributed by atoms with van der Waals surface area (Å²) >= 11 is 6.04. The topological polar surface area (TPSA) is 89.2 Å². The molecule has 0 radical (unpaired) electrons. The van der Waals surface area contributed by atoms with Crippen LogP contribution in [0.1, 0.15) is 22.9 Å². The number of carbonyl (C=O) groups is 2. The van der Waals surface area contributed by atoms with Crippen LogP contribution in [-0.2, 0) is 16.1 Å². The van der Waals surface area contributed by atoms with Gasteiger partial charge in [-0.25, -0.2) is 0 Å². The van der Waals surface area contributed by atoms with E-state index in [1.165, 1.54) is 25.4 Å². The highest BCUT2D eigenvalue weighted by atomic mass is 35.5. The number of ketones is 1. The molecule has 0 saturated carbocycles. The number of methoxy groups -OCH3 is 2. The smallest absolute Gasteiger partial charge is 0.296 e. The molecule has 1 saturated heterocycles. The van der Waals surface area contributed by atoms with Gasteiger partial charge in [0.15, 0.2) is 0 Å². The molecule has 164 valence electrons. The van der Waals surface area contributed by atoms with Crippen molar-refractivity contribution >= 4 is 29.1 Å². The zero-order valence-electron chi connectivity index (χ0n) is 17.4. The van der Waals surface area contributed by atoms with Crippen molar-refractivity contribution < 1.29 is 28.6 Å². The minimum absolute atomic E-state index is 0.0488. The largest absolute Gasteiger partial charge is 0.507 e. The van der Waals surface area contributed by atoms with Crippen molar-refractivity contribution in [3.63, 3.8) is 0 Å². The van der Waals surface area contributed by atoms with Crippen molar-refractivity contribution in [2.45, 2.75) is 12.6 Å². The van der Waals surface area contributed by atoms with Crippen molar-refractivity contribution in [1.29, 1.82) is 0 Å². The fourth-order valence-corrected chi connectivity index (χ4v) is 3.87. The average molecular weight is 454 g/mol. The highest BCUT2D eigenvalue weighted by Gasteiger charge is 2.46. The Kier molecular flexibility index (Phi) is 5.92. The minimum atomic E-state index is -0.843. The lowest BCUT2D eigenvalue weighted by Crippen LogP contribution is -2.29. The van der Waals surface area contributed by atoms with E-state index in [4.69, 9.17) is 25.5 Å². The Labute approximate surface area is 189 Å². The van der Waals surface area contributed by atoms with Crippen LogP contribution in [0.5, 0.6) is 11.5 Å². The van der Waals surface area contributed by atoms with Crippen LogP contribution in [-0.4, -0.2) is 35.9 Å². The molecule has 4 rings (SSSR count). The van der Waals surface area contributed by atoms with Gasteiger partial charge in [0.2, 0.25) is 0 Å². The summed E-state index contributed by atoms with van der Waals surface area (Å²) in [5.74, 6) is -0.556. The molecule has 1 N–H and O–H groups in total. The molecule has 7 nitrogen and oxygen atoms in total. The van der Waals surface area contributed by atoms with Gasteiger partial charge in [0.05, 0.1) is 44.2 Å². The highest BCUT2D eigenvalue weighted by molar-refractivity contribution is 6.46. The molecule has 8 heteroatoms. The molecule has 1 unspecified atom stereocenters. The number of hydrogen-bond acceptors (Lipinski definition) is 6. The minimum Gasteiger partial charge on any atom is -0.507 e. The van der Waals surface area contributed by atoms with E-state index in [1.807, 2.05) is 0 Å². The first-order chi connectivity index (χ1) is 15.4. The van der Waals surface area contributed by atoms with Crippen LogP contribution in [0.2, 0.25) is 5.02 Å². The number of amides is 1. The van der Waals surface area contributed by atoms with E-state index in [1.54, 1.807) is 54.6 Å². The predicted octanol–water partition coefficient (Wildman–Crippen LogP) is 4.57. The van der Waals surface area contributed by atoms with Crippen molar-refractivity contribution in [2.75, 3.05) is 14.2 Å². The maximum atomic E-state index is 13.1. The van der Waals surface area contributed by atoms with E-state index >= 15 is 0 Å². The van der Waals surface area contributed by atoms with E-state index in [0.29, 0.717) is 27.8 Å².